The predicted octanol–water partition coefficient (Wildman–Crippen LogP) is 1.05. The summed E-state index contributed by atoms with van der Waals surface area (Å²) < 4.78 is 23.7. The van der Waals surface area contributed by atoms with Gasteiger partial charge in [-0.1, -0.05) is 0 Å². The molecule has 0 saturated heterocycles. The molecular formula is C9H12BrNO3S. The number of pyridine rings is 1. The van der Waals surface area contributed by atoms with Crippen LogP contribution in [-0.2, 0) is 16.4 Å². The fourth-order valence-corrected chi connectivity index (χ4v) is 2.21. The van der Waals surface area contributed by atoms with Gasteiger partial charge in [-0.15, -0.1) is 0 Å². The van der Waals surface area contributed by atoms with Gasteiger partial charge in [0.2, 0.25) is 0 Å². The van der Waals surface area contributed by atoms with E-state index in [0.717, 1.165) is 0 Å². The number of halogens is 1. The van der Waals surface area contributed by atoms with Gasteiger partial charge in [-0.05, 0) is 34.5 Å². The molecule has 0 spiro atoms. The van der Waals surface area contributed by atoms with Crippen molar-refractivity contribution in [2.75, 3.05) is 12.0 Å². The van der Waals surface area contributed by atoms with Crippen LogP contribution >= 0.6 is 15.9 Å². The van der Waals surface area contributed by atoms with E-state index in [1.165, 1.54) is 10.8 Å². The van der Waals surface area contributed by atoms with Crippen molar-refractivity contribution in [1.82, 2.24) is 4.57 Å². The van der Waals surface area contributed by atoms with E-state index in [9.17, 15) is 13.2 Å². The lowest BCUT2D eigenvalue weighted by Gasteiger charge is -2.04. The Kier molecular flexibility index (Phi) is 4.10. The van der Waals surface area contributed by atoms with E-state index in [-0.39, 0.29) is 11.3 Å². The lowest BCUT2D eigenvalue weighted by molar-refractivity contribution is 0.589. The molecule has 1 rings (SSSR count). The average molecular weight is 294 g/mol. The molecule has 4 nitrogen and oxygen atoms in total. The molecule has 6 heteroatoms. The maximum Gasteiger partial charge on any atom is 0.264 e. The van der Waals surface area contributed by atoms with E-state index in [1.807, 2.05) is 0 Å². The van der Waals surface area contributed by atoms with Gasteiger partial charge in [0.1, 0.15) is 9.84 Å². The molecule has 1 aromatic heterocycles. The zero-order valence-electron chi connectivity index (χ0n) is 8.31. The van der Waals surface area contributed by atoms with Crippen LogP contribution in [0.25, 0.3) is 0 Å². The number of hydrogen-bond donors (Lipinski definition) is 0. The first-order valence-corrected chi connectivity index (χ1v) is 7.28. The van der Waals surface area contributed by atoms with Crippen LogP contribution in [0, 0.1) is 0 Å². The Morgan fingerprint density at radius 1 is 1.47 bits per heavy atom. The SMILES string of the molecule is CS(=O)(=O)CCCn1cccc(Br)c1=O. The van der Waals surface area contributed by atoms with Crippen LogP contribution in [-0.4, -0.2) is 25.0 Å². The van der Waals surface area contributed by atoms with Gasteiger partial charge < -0.3 is 4.57 Å². The van der Waals surface area contributed by atoms with Crippen molar-refractivity contribution in [3.63, 3.8) is 0 Å². The molecule has 0 radical (unpaired) electrons. The smallest absolute Gasteiger partial charge is 0.264 e. The van der Waals surface area contributed by atoms with Gasteiger partial charge in [-0.2, -0.15) is 0 Å². The highest BCUT2D eigenvalue weighted by Gasteiger charge is 2.03. The van der Waals surface area contributed by atoms with Crippen molar-refractivity contribution < 1.29 is 8.42 Å². The molecule has 1 aromatic rings. The zero-order chi connectivity index (χ0) is 11.5. The van der Waals surface area contributed by atoms with Gasteiger partial charge >= 0.3 is 0 Å². The molecule has 0 N–H and O–H groups in total. The van der Waals surface area contributed by atoms with E-state index in [1.54, 1.807) is 18.3 Å². The van der Waals surface area contributed by atoms with Gasteiger partial charge in [0.15, 0.2) is 0 Å². The summed E-state index contributed by atoms with van der Waals surface area (Å²) in [5.74, 6) is 0.103. The minimum atomic E-state index is -2.94. The third-order valence-electron chi connectivity index (χ3n) is 1.89. The topological polar surface area (TPSA) is 56.1 Å². The zero-order valence-corrected chi connectivity index (χ0v) is 10.7. The van der Waals surface area contributed by atoms with Crippen LogP contribution in [0.15, 0.2) is 27.6 Å². The van der Waals surface area contributed by atoms with E-state index < -0.39 is 9.84 Å². The highest BCUT2D eigenvalue weighted by Crippen LogP contribution is 2.01. The first-order valence-electron chi connectivity index (χ1n) is 4.43. The molecule has 0 bridgehead atoms. The van der Waals surface area contributed by atoms with Crippen molar-refractivity contribution in [2.24, 2.45) is 0 Å². The van der Waals surface area contributed by atoms with Crippen LogP contribution in [0.2, 0.25) is 0 Å². The minimum absolute atomic E-state index is 0.103. The molecule has 0 amide bonds. The van der Waals surface area contributed by atoms with Crippen molar-refractivity contribution >= 4 is 25.8 Å². The Labute approximate surface area is 97.0 Å². The predicted molar refractivity (Wildman–Crippen MR) is 62.7 cm³/mol. The number of hydrogen-bond acceptors (Lipinski definition) is 3. The fraction of sp³-hybridized carbons (Fsp3) is 0.444. The lowest BCUT2D eigenvalue weighted by atomic mass is 10.4. The third kappa shape index (κ3) is 4.17. The van der Waals surface area contributed by atoms with Crippen LogP contribution in [0.5, 0.6) is 0 Å². The second-order valence-corrected chi connectivity index (χ2v) is 6.45. The number of nitrogens with zero attached hydrogens (tertiary/aromatic N) is 1. The monoisotopic (exact) mass is 293 g/mol. The van der Waals surface area contributed by atoms with Gasteiger partial charge in [-0.25, -0.2) is 8.42 Å². The highest BCUT2D eigenvalue weighted by atomic mass is 79.9. The lowest BCUT2D eigenvalue weighted by Crippen LogP contribution is -2.21. The van der Waals surface area contributed by atoms with Crippen molar-refractivity contribution in [3.05, 3.63) is 33.2 Å². The molecule has 0 aromatic carbocycles. The van der Waals surface area contributed by atoms with Crippen LogP contribution in [0.3, 0.4) is 0 Å². The molecule has 1 heterocycles. The molecule has 0 aliphatic heterocycles. The normalized spacial score (nSPS) is 11.6. The second kappa shape index (κ2) is 4.94. The van der Waals surface area contributed by atoms with Crippen molar-refractivity contribution in [1.29, 1.82) is 0 Å². The summed E-state index contributed by atoms with van der Waals surface area (Å²) in [5, 5.41) is 0. The Morgan fingerprint density at radius 3 is 2.73 bits per heavy atom. The summed E-state index contributed by atoms with van der Waals surface area (Å²) in [5.41, 5.74) is -0.133. The average Bonchev–Trinajstić information content (AvgIpc) is 2.10. The quantitative estimate of drug-likeness (QED) is 0.834. The molecule has 0 aliphatic rings. The van der Waals surface area contributed by atoms with E-state index >= 15 is 0 Å². The number of aryl methyl sites for hydroxylation is 1. The minimum Gasteiger partial charge on any atom is -0.315 e. The maximum absolute atomic E-state index is 11.5. The van der Waals surface area contributed by atoms with Gasteiger partial charge in [0, 0.05) is 19.0 Å². The molecule has 15 heavy (non-hydrogen) atoms. The summed E-state index contributed by atoms with van der Waals surface area (Å²) in [6.45, 7) is 0.422. The Balaban J connectivity index is 2.67. The number of aromatic nitrogens is 1. The summed E-state index contributed by atoms with van der Waals surface area (Å²) in [7, 11) is -2.94. The molecule has 84 valence electrons. The molecule has 0 atom stereocenters. The first-order chi connectivity index (χ1) is 6.90. The molecule has 0 saturated carbocycles. The van der Waals surface area contributed by atoms with Crippen LogP contribution < -0.4 is 5.56 Å². The summed E-state index contributed by atoms with van der Waals surface area (Å²) in [6, 6.07) is 3.40. The van der Waals surface area contributed by atoms with Gasteiger partial charge in [0.25, 0.3) is 5.56 Å². The third-order valence-corrected chi connectivity index (χ3v) is 3.52. The summed E-state index contributed by atoms with van der Waals surface area (Å²) in [6.07, 6.45) is 3.29. The second-order valence-electron chi connectivity index (χ2n) is 3.34. The highest BCUT2D eigenvalue weighted by molar-refractivity contribution is 9.10. The summed E-state index contributed by atoms with van der Waals surface area (Å²) in [4.78, 5) is 11.5. The standard InChI is InChI=1S/C9H12BrNO3S/c1-15(13,14)7-3-6-11-5-2-4-8(10)9(11)12/h2,4-5H,3,6-7H2,1H3. The van der Waals surface area contributed by atoms with Crippen molar-refractivity contribution in [2.45, 2.75) is 13.0 Å². The van der Waals surface area contributed by atoms with Gasteiger partial charge in [-0.3, -0.25) is 4.79 Å². The van der Waals surface area contributed by atoms with Crippen LogP contribution in [0.4, 0.5) is 0 Å². The van der Waals surface area contributed by atoms with Crippen molar-refractivity contribution in [3.8, 4) is 0 Å². The number of sulfone groups is 1. The van der Waals surface area contributed by atoms with E-state index in [4.69, 9.17) is 0 Å². The Morgan fingerprint density at radius 2 is 2.13 bits per heavy atom. The van der Waals surface area contributed by atoms with E-state index in [0.29, 0.717) is 17.4 Å². The van der Waals surface area contributed by atoms with E-state index in [2.05, 4.69) is 15.9 Å². The fourth-order valence-electron chi connectivity index (χ4n) is 1.18. The largest absolute Gasteiger partial charge is 0.315 e. The van der Waals surface area contributed by atoms with Gasteiger partial charge in [0.05, 0.1) is 10.2 Å². The Bertz CT molecular complexity index is 492. The number of rotatable bonds is 4. The molecular weight excluding hydrogens is 282 g/mol. The summed E-state index contributed by atoms with van der Waals surface area (Å²) >= 11 is 3.13. The molecule has 0 fully saturated rings. The maximum atomic E-state index is 11.5. The first kappa shape index (κ1) is 12.4. The Hall–Kier alpha value is -0.620. The molecule has 0 unspecified atom stereocenters. The van der Waals surface area contributed by atoms with Crippen LogP contribution in [0.1, 0.15) is 6.42 Å². The molecule has 0 aliphatic carbocycles.